The zero-order valence-electron chi connectivity index (χ0n) is 24.9. The van der Waals surface area contributed by atoms with E-state index in [1.807, 2.05) is 53.7 Å². The molecule has 0 saturated carbocycles. The Balaban J connectivity index is 0.000000328. The number of carbonyl (C=O) groups excluding carboxylic acids is 1. The minimum Gasteiger partial charge on any atom is -0.512 e. The van der Waals surface area contributed by atoms with E-state index < -0.39 is 5.41 Å². The standard InChI is InChI=1S/C23H21N2.C11H20O2.Ir/c1-15-9-16(2)11-20(10-15)23-18(4)12-19-14-22(25-7-5-6-8-25)17(3)13-21(19)24-23;1-10(2,3)8(12)7-9(13)11(4,5)6;/h5-10,12-14H,1-4H3;7,12H,1-6H3;/q-1;;/b;8-7-;. The van der Waals surface area contributed by atoms with Crippen molar-refractivity contribution in [2.75, 3.05) is 0 Å². The zero-order chi connectivity index (χ0) is 28.4. The molecule has 0 unspecified atom stereocenters. The first-order valence-corrected chi connectivity index (χ1v) is 13.1. The van der Waals surface area contributed by atoms with E-state index in [0.29, 0.717) is 0 Å². The van der Waals surface area contributed by atoms with E-state index in [-0.39, 0.29) is 37.1 Å². The van der Waals surface area contributed by atoms with Gasteiger partial charge in [0.2, 0.25) is 0 Å². The van der Waals surface area contributed by atoms with Crippen molar-refractivity contribution < 1.29 is 30.0 Å². The molecule has 0 spiro atoms. The van der Waals surface area contributed by atoms with E-state index in [4.69, 9.17) is 4.98 Å². The van der Waals surface area contributed by atoms with Gasteiger partial charge in [-0.25, -0.2) is 0 Å². The van der Waals surface area contributed by atoms with Crippen molar-refractivity contribution in [2.45, 2.75) is 69.2 Å². The summed E-state index contributed by atoms with van der Waals surface area (Å²) >= 11 is 0. The summed E-state index contributed by atoms with van der Waals surface area (Å²) in [7, 11) is 0. The predicted molar refractivity (Wildman–Crippen MR) is 159 cm³/mol. The molecule has 39 heavy (non-hydrogen) atoms. The number of aliphatic hydroxyl groups excluding tert-OH is 1. The molecule has 0 atom stereocenters. The Kier molecular flexibility index (Phi) is 10.3. The first kappa shape index (κ1) is 32.2. The molecule has 2 heterocycles. The third kappa shape index (κ3) is 8.24. The molecule has 0 bridgehead atoms. The van der Waals surface area contributed by atoms with Crippen LogP contribution in [0.15, 0.2) is 66.7 Å². The summed E-state index contributed by atoms with van der Waals surface area (Å²) < 4.78 is 2.15. The van der Waals surface area contributed by atoms with Crippen LogP contribution >= 0.6 is 0 Å². The number of allylic oxidation sites excluding steroid dienone is 2. The van der Waals surface area contributed by atoms with Crippen LogP contribution in [0.25, 0.3) is 27.8 Å². The fourth-order valence-electron chi connectivity index (χ4n) is 4.05. The molecule has 0 aliphatic heterocycles. The summed E-state index contributed by atoms with van der Waals surface area (Å²) in [4.78, 5) is 16.5. The Hall–Kier alpha value is -3.01. The van der Waals surface area contributed by atoms with Crippen molar-refractivity contribution >= 4 is 16.7 Å². The van der Waals surface area contributed by atoms with Crippen LogP contribution < -0.4 is 0 Å². The number of aliphatic hydroxyl groups is 1. The van der Waals surface area contributed by atoms with E-state index in [0.717, 1.165) is 22.3 Å². The van der Waals surface area contributed by atoms with Gasteiger partial charge >= 0.3 is 0 Å². The van der Waals surface area contributed by atoms with E-state index in [1.54, 1.807) is 0 Å². The van der Waals surface area contributed by atoms with Gasteiger partial charge in [0.15, 0.2) is 5.78 Å². The van der Waals surface area contributed by atoms with Crippen LogP contribution in [0.4, 0.5) is 0 Å². The van der Waals surface area contributed by atoms with Gasteiger partial charge in [0.1, 0.15) is 5.76 Å². The predicted octanol–water partition coefficient (Wildman–Crippen LogP) is 8.81. The largest absolute Gasteiger partial charge is 0.512 e. The maximum Gasteiger partial charge on any atom is 0.164 e. The quantitative estimate of drug-likeness (QED) is 0.132. The first-order chi connectivity index (χ1) is 17.6. The molecule has 1 radical (unpaired) electrons. The Morgan fingerprint density at radius 1 is 0.872 bits per heavy atom. The molecule has 0 amide bonds. The van der Waals surface area contributed by atoms with Gasteiger partial charge in [-0.3, -0.25) is 9.78 Å². The fraction of sp³-hybridized carbons (Fsp3) is 0.353. The van der Waals surface area contributed by atoms with E-state index >= 15 is 0 Å². The normalized spacial score (nSPS) is 12.0. The summed E-state index contributed by atoms with van der Waals surface area (Å²) in [5.74, 6) is 0.104. The second-order valence-corrected chi connectivity index (χ2v) is 12.2. The number of hydrogen-bond acceptors (Lipinski definition) is 3. The van der Waals surface area contributed by atoms with Crippen LogP contribution in [-0.2, 0) is 24.9 Å². The van der Waals surface area contributed by atoms with E-state index in [9.17, 15) is 9.90 Å². The molecule has 209 valence electrons. The summed E-state index contributed by atoms with van der Waals surface area (Å²) in [6.07, 6.45) is 5.49. The van der Waals surface area contributed by atoms with Crippen LogP contribution in [0, 0.1) is 44.6 Å². The molecule has 0 fully saturated rings. The molecule has 2 aromatic carbocycles. The maximum absolute atomic E-state index is 11.5. The van der Waals surface area contributed by atoms with Crippen LogP contribution in [0.2, 0.25) is 0 Å². The Morgan fingerprint density at radius 2 is 1.49 bits per heavy atom. The molecule has 4 nitrogen and oxygen atoms in total. The molecule has 0 aliphatic carbocycles. The topological polar surface area (TPSA) is 55.1 Å². The van der Waals surface area contributed by atoms with Crippen molar-refractivity contribution in [3.63, 3.8) is 0 Å². The Bertz CT molecular complexity index is 1460. The number of hydrogen-bond donors (Lipinski definition) is 1. The van der Waals surface area contributed by atoms with Crippen LogP contribution in [0.3, 0.4) is 0 Å². The third-order valence-corrected chi connectivity index (χ3v) is 6.38. The summed E-state index contributed by atoms with van der Waals surface area (Å²) in [5, 5.41) is 10.7. The average molecular weight is 702 g/mol. The fourth-order valence-corrected chi connectivity index (χ4v) is 4.05. The smallest absolute Gasteiger partial charge is 0.164 e. The zero-order valence-corrected chi connectivity index (χ0v) is 27.3. The second kappa shape index (κ2) is 12.4. The number of benzene rings is 2. The van der Waals surface area contributed by atoms with Gasteiger partial charge in [0.25, 0.3) is 0 Å². The number of nitrogens with zero attached hydrogens (tertiary/aromatic N) is 2. The third-order valence-electron chi connectivity index (χ3n) is 6.38. The van der Waals surface area contributed by atoms with E-state index in [2.05, 4.69) is 81.1 Å². The van der Waals surface area contributed by atoms with E-state index in [1.165, 1.54) is 33.8 Å². The van der Waals surface area contributed by atoms with Crippen molar-refractivity contribution in [2.24, 2.45) is 10.8 Å². The summed E-state index contributed by atoms with van der Waals surface area (Å²) in [5.41, 5.74) is 8.34. The number of rotatable bonds is 3. The number of aryl methyl sites for hydroxylation is 4. The van der Waals surface area contributed by atoms with Crippen LogP contribution in [0.1, 0.15) is 63.8 Å². The number of fused-ring (bicyclic) bond motifs is 1. The molecule has 2 aromatic heterocycles. The van der Waals surface area contributed by atoms with Crippen molar-refractivity contribution in [3.8, 4) is 16.9 Å². The van der Waals surface area contributed by atoms with Gasteiger partial charge in [-0.2, -0.15) is 0 Å². The Labute approximate surface area is 247 Å². The maximum atomic E-state index is 11.5. The molecule has 0 saturated heterocycles. The summed E-state index contributed by atoms with van der Waals surface area (Å²) in [6, 6.07) is 18.5. The van der Waals surface area contributed by atoms with Gasteiger partial charge in [0, 0.05) is 60.5 Å². The molecular weight excluding hydrogens is 661 g/mol. The van der Waals surface area contributed by atoms with Crippen molar-refractivity contribution in [1.29, 1.82) is 0 Å². The van der Waals surface area contributed by atoms with Gasteiger partial charge < -0.3 is 9.67 Å². The minimum atomic E-state index is -0.417. The Morgan fingerprint density at radius 3 is 2.03 bits per heavy atom. The number of pyridine rings is 1. The first-order valence-electron chi connectivity index (χ1n) is 13.1. The minimum absolute atomic E-state index is 0. The summed E-state index contributed by atoms with van der Waals surface area (Å²) in [6.45, 7) is 19.6. The molecular formula is C34H41IrN2O2-. The number of ketones is 1. The SMILES string of the molecule is CC(C)(C)C(=O)/C=C(\O)C(C)(C)C.Cc1[c-]c(-c2nc3cc(C)c(-n4cccc4)cc3cc2C)cc(C)c1.[Ir]. The van der Waals surface area contributed by atoms with Gasteiger partial charge in [-0.05, 0) is 49.4 Å². The number of carbonyl (C=O) groups is 1. The van der Waals surface area contributed by atoms with Crippen molar-refractivity contribution in [1.82, 2.24) is 9.55 Å². The van der Waals surface area contributed by atoms with Gasteiger partial charge in [-0.15, -0.1) is 34.9 Å². The monoisotopic (exact) mass is 702 g/mol. The van der Waals surface area contributed by atoms with Crippen LogP contribution in [-0.4, -0.2) is 20.4 Å². The van der Waals surface area contributed by atoms with Gasteiger partial charge in [-0.1, -0.05) is 67.0 Å². The van der Waals surface area contributed by atoms with Crippen LogP contribution in [0.5, 0.6) is 0 Å². The molecule has 4 aromatic rings. The second-order valence-electron chi connectivity index (χ2n) is 12.2. The molecule has 4 rings (SSSR count). The molecule has 1 N–H and O–H groups in total. The average Bonchev–Trinajstić information content (AvgIpc) is 3.31. The van der Waals surface area contributed by atoms with Crippen molar-refractivity contribution in [3.05, 3.63) is 95.0 Å². The molecule has 0 aliphatic rings. The number of aromatic nitrogens is 2. The van der Waals surface area contributed by atoms with Gasteiger partial charge in [0.05, 0.1) is 5.52 Å². The molecule has 5 heteroatoms.